The van der Waals surface area contributed by atoms with E-state index in [1.807, 2.05) is 37.2 Å². The smallest absolute Gasteiger partial charge is 0.251 e. The van der Waals surface area contributed by atoms with Gasteiger partial charge in [0, 0.05) is 12.1 Å². The summed E-state index contributed by atoms with van der Waals surface area (Å²) in [5, 5.41) is 12.9. The maximum atomic E-state index is 11.9. The molecular formula is C14H20N2O3. The molecule has 2 N–H and O–H groups in total. The van der Waals surface area contributed by atoms with Crippen LogP contribution in [0.3, 0.4) is 0 Å². The molecule has 1 aliphatic heterocycles. The van der Waals surface area contributed by atoms with Gasteiger partial charge in [-0.15, -0.1) is 0 Å². The summed E-state index contributed by atoms with van der Waals surface area (Å²) in [6.07, 6.45) is -0.925. The van der Waals surface area contributed by atoms with Gasteiger partial charge in [0.25, 0.3) is 5.91 Å². The number of hydrogen-bond acceptors (Lipinski definition) is 4. The molecule has 0 bridgehead atoms. The number of aliphatic hydroxyl groups excluding tert-OH is 1. The lowest BCUT2D eigenvalue weighted by atomic mass is 10.1. The molecule has 2 rings (SSSR count). The molecule has 0 saturated carbocycles. The van der Waals surface area contributed by atoms with Crippen molar-refractivity contribution in [1.29, 1.82) is 0 Å². The summed E-state index contributed by atoms with van der Waals surface area (Å²) in [5.41, 5.74) is 0.610. The summed E-state index contributed by atoms with van der Waals surface area (Å²) < 4.78 is 5.52. The predicted octanol–water partition coefficient (Wildman–Crippen LogP) is 0.106. The first kappa shape index (κ1) is 14.0. The lowest BCUT2D eigenvalue weighted by Gasteiger charge is -2.22. The molecule has 5 heteroatoms. The van der Waals surface area contributed by atoms with Crippen LogP contribution in [0.25, 0.3) is 0 Å². The zero-order valence-electron chi connectivity index (χ0n) is 11.2. The van der Waals surface area contributed by atoms with Crippen molar-refractivity contribution in [3.05, 3.63) is 35.9 Å². The number of benzene rings is 1. The Morgan fingerprint density at radius 1 is 1.42 bits per heavy atom. The number of nitrogens with zero attached hydrogens (tertiary/aromatic N) is 1. The summed E-state index contributed by atoms with van der Waals surface area (Å²) in [6, 6.07) is 8.99. The predicted molar refractivity (Wildman–Crippen MR) is 72.0 cm³/mol. The zero-order valence-corrected chi connectivity index (χ0v) is 11.2. The van der Waals surface area contributed by atoms with E-state index in [2.05, 4.69) is 5.32 Å². The van der Waals surface area contributed by atoms with Crippen LogP contribution in [0.2, 0.25) is 0 Å². The van der Waals surface area contributed by atoms with Crippen molar-refractivity contribution in [2.24, 2.45) is 0 Å². The second kappa shape index (κ2) is 6.14. The van der Waals surface area contributed by atoms with Gasteiger partial charge < -0.3 is 20.1 Å². The summed E-state index contributed by atoms with van der Waals surface area (Å²) >= 11 is 0. The Morgan fingerprint density at radius 2 is 2.11 bits per heavy atom. The second-order valence-corrected chi connectivity index (χ2v) is 4.97. The number of aliphatic hydroxyl groups is 1. The molecule has 19 heavy (non-hydrogen) atoms. The Labute approximate surface area is 113 Å². The van der Waals surface area contributed by atoms with Gasteiger partial charge in [0.2, 0.25) is 0 Å². The van der Waals surface area contributed by atoms with E-state index in [-0.39, 0.29) is 18.1 Å². The van der Waals surface area contributed by atoms with Crippen LogP contribution in [-0.4, -0.2) is 61.4 Å². The lowest BCUT2D eigenvalue weighted by molar-refractivity contribution is 0.0361. The number of nitrogens with one attached hydrogen (secondary N) is 1. The van der Waals surface area contributed by atoms with Crippen LogP contribution in [-0.2, 0) is 4.74 Å². The van der Waals surface area contributed by atoms with Gasteiger partial charge in [-0.2, -0.15) is 0 Å². The topological polar surface area (TPSA) is 61.8 Å². The summed E-state index contributed by atoms with van der Waals surface area (Å²) in [4.78, 5) is 13.8. The number of carbonyl (C=O) groups excluding carboxylic acids is 1. The number of amides is 1. The minimum atomic E-state index is -0.578. The van der Waals surface area contributed by atoms with Gasteiger partial charge in [0.1, 0.15) is 6.10 Å². The van der Waals surface area contributed by atoms with Crippen LogP contribution in [0.4, 0.5) is 0 Å². The van der Waals surface area contributed by atoms with Crippen molar-refractivity contribution in [1.82, 2.24) is 10.2 Å². The first-order valence-electron chi connectivity index (χ1n) is 6.39. The zero-order chi connectivity index (χ0) is 13.8. The van der Waals surface area contributed by atoms with Gasteiger partial charge in [0.05, 0.1) is 18.8 Å². The molecule has 5 nitrogen and oxygen atoms in total. The van der Waals surface area contributed by atoms with Crippen molar-refractivity contribution >= 4 is 5.91 Å². The van der Waals surface area contributed by atoms with Gasteiger partial charge >= 0.3 is 0 Å². The summed E-state index contributed by atoms with van der Waals surface area (Å²) in [5.74, 6) is -0.148. The molecule has 0 aliphatic carbocycles. The van der Waals surface area contributed by atoms with Gasteiger partial charge in [-0.25, -0.2) is 0 Å². The average molecular weight is 264 g/mol. The Hall–Kier alpha value is -1.43. The molecule has 1 fully saturated rings. The molecule has 1 amide bonds. The maximum Gasteiger partial charge on any atom is 0.251 e. The summed E-state index contributed by atoms with van der Waals surface area (Å²) in [7, 11) is 3.81. The Kier molecular flexibility index (Phi) is 4.52. The molecule has 1 heterocycles. The molecule has 1 aromatic rings. The van der Waals surface area contributed by atoms with Crippen LogP contribution < -0.4 is 5.32 Å². The van der Waals surface area contributed by atoms with Crippen molar-refractivity contribution in [2.45, 2.75) is 18.2 Å². The molecule has 0 radical (unpaired) electrons. The average Bonchev–Trinajstić information content (AvgIpc) is 2.78. The van der Waals surface area contributed by atoms with E-state index < -0.39 is 6.10 Å². The molecule has 3 atom stereocenters. The maximum absolute atomic E-state index is 11.9. The Balaban J connectivity index is 1.85. The van der Waals surface area contributed by atoms with Crippen molar-refractivity contribution in [3.8, 4) is 0 Å². The van der Waals surface area contributed by atoms with E-state index in [1.54, 1.807) is 12.1 Å². The highest BCUT2D eigenvalue weighted by atomic mass is 16.5. The van der Waals surface area contributed by atoms with Gasteiger partial charge in [-0.3, -0.25) is 4.79 Å². The van der Waals surface area contributed by atoms with E-state index in [4.69, 9.17) is 4.74 Å². The quantitative estimate of drug-likeness (QED) is 0.810. The SMILES string of the molecule is CN(C)[C@@H]1CO[C@H](CNC(=O)c2ccccc2)[C@H]1O. The van der Waals surface area contributed by atoms with Gasteiger partial charge in [-0.1, -0.05) is 18.2 Å². The fraction of sp³-hybridized carbons (Fsp3) is 0.500. The molecule has 1 aliphatic rings. The molecule has 0 unspecified atom stereocenters. The molecular weight excluding hydrogens is 244 g/mol. The fourth-order valence-corrected chi connectivity index (χ4v) is 2.19. The standard InChI is InChI=1S/C14H20N2O3/c1-16(2)11-9-19-12(13(11)17)8-15-14(18)10-6-4-3-5-7-10/h3-7,11-13,17H,8-9H2,1-2H3,(H,15,18)/t11-,12-,13+/m1/s1. The highest BCUT2D eigenvalue weighted by Gasteiger charge is 2.37. The highest BCUT2D eigenvalue weighted by molar-refractivity contribution is 5.94. The fourth-order valence-electron chi connectivity index (χ4n) is 2.19. The van der Waals surface area contributed by atoms with Crippen LogP contribution >= 0.6 is 0 Å². The Bertz CT molecular complexity index is 422. The van der Waals surface area contributed by atoms with E-state index in [0.717, 1.165) is 0 Å². The largest absolute Gasteiger partial charge is 0.389 e. The normalized spacial score (nSPS) is 26.6. The third kappa shape index (κ3) is 3.32. The highest BCUT2D eigenvalue weighted by Crippen LogP contribution is 2.17. The second-order valence-electron chi connectivity index (χ2n) is 4.97. The third-order valence-corrected chi connectivity index (χ3v) is 3.42. The number of hydrogen-bond donors (Lipinski definition) is 2. The molecule has 1 aromatic carbocycles. The minimum Gasteiger partial charge on any atom is -0.389 e. The Morgan fingerprint density at radius 3 is 2.68 bits per heavy atom. The third-order valence-electron chi connectivity index (χ3n) is 3.42. The number of carbonyl (C=O) groups is 1. The van der Waals surface area contributed by atoms with Crippen LogP contribution in [0.5, 0.6) is 0 Å². The molecule has 104 valence electrons. The van der Waals surface area contributed by atoms with E-state index in [9.17, 15) is 9.90 Å². The molecule has 0 spiro atoms. The van der Waals surface area contributed by atoms with Crippen LogP contribution in [0.15, 0.2) is 30.3 Å². The molecule has 0 aromatic heterocycles. The van der Waals surface area contributed by atoms with Gasteiger partial charge in [-0.05, 0) is 26.2 Å². The van der Waals surface area contributed by atoms with Gasteiger partial charge in [0.15, 0.2) is 0 Å². The number of ether oxygens (including phenoxy) is 1. The lowest BCUT2D eigenvalue weighted by Crippen LogP contribution is -2.44. The van der Waals surface area contributed by atoms with Crippen molar-refractivity contribution < 1.29 is 14.6 Å². The minimum absolute atomic E-state index is 0.0152. The molecule has 1 saturated heterocycles. The first-order valence-corrected chi connectivity index (χ1v) is 6.39. The van der Waals surface area contributed by atoms with Crippen molar-refractivity contribution in [2.75, 3.05) is 27.2 Å². The van der Waals surface area contributed by atoms with Crippen LogP contribution in [0, 0.1) is 0 Å². The number of rotatable bonds is 4. The van der Waals surface area contributed by atoms with E-state index in [0.29, 0.717) is 18.7 Å². The monoisotopic (exact) mass is 264 g/mol. The van der Waals surface area contributed by atoms with E-state index in [1.165, 1.54) is 0 Å². The first-order chi connectivity index (χ1) is 9.09. The van der Waals surface area contributed by atoms with Crippen LogP contribution in [0.1, 0.15) is 10.4 Å². The van der Waals surface area contributed by atoms with Crippen molar-refractivity contribution in [3.63, 3.8) is 0 Å². The van der Waals surface area contributed by atoms with E-state index >= 15 is 0 Å². The summed E-state index contributed by atoms with van der Waals surface area (Å²) in [6.45, 7) is 0.805. The number of likely N-dealkylation sites (N-methyl/N-ethyl adjacent to an activating group) is 1.